The summed E-state index contributed by atoms with van der Waals surface area (Å²) in [4.78, 5) is 12.1. The molecule has 1 aliphatic heterocycles. The van der Waals surface area contributed by atoms with E-state index in [4.69, 9.17) is 9.84 Å². The first-order valence-corrected chi connectivity index (χ1v) is 7.78. The molecule has 2 heterocycles. The van der Waals surface area contributed by atoms with E-state index >= 15 is 0 Å². The van der Waals surface area contributed by atoms with Gasteiger partial charge in [0.05, 0.1) is 29.7 Å². The SMILES string of the molecule is COC(=O)c1ccccc1-n1nc(C2CC2)c2c1CCNC2. The summed E-state index contributed by atoms with van der Waals surface area (Å²) < 4.78 is 6.89. The molecule has 2 aliphatic rings. The second kappa shape index (κ2) is 5.25. The van der Waals surface area contributed by atoms with Crippen molar-refractivity contribution >= 4 is 5.97 Å². The predicted molar refractivity (Wildman–Crippen MR) is 82.3 cm³/mol. The molecule has 0 radical (unpaired) electrons. The van der Waals surface area contributed by atoms with Crippen molar-refractivity contribution in [2.24, 2.45) is 0 Å². The van der Waals surface area contributed by atoms with Crippen LogP contribution in [0.2, 0.25) is 0 Å². The summed E-state index contributed by atoms with van der Waals surface area (Å²) in [5.74, 6) is 0.280. The van der Waals surface area contributed by atoms with Crippen molar-refractivity contribution in [2.45, 2.75) is 31.7 Å². The molecular formula is C17H19N3O2. The van der Waals surface area contributed by atoms with Crippen LogP contribution in [0.3, 0.4) is 0 Å². The van der Waals surface area contributed by atoms with Gasteiger partial charge in [0, 0.05) is 31.0 Å². The maximum atomic E-state index is 12.1. The van der Waals surface area contributed by atoms with E-state index in [2.05, 4.69) is 5.32 Å². The number of para-hydroxylation sites is 1. The second-order valence-corrected chi connectivity index (χ2v) is 5.93. The molecule has 1 aliphatic carbocycles. The lowest BCUT2D eigenvalue weighted by Gasteiger charge is -2.16. The molecule has 1 aromatic carbocycles. The highest BCUT2D eigenvalue weighted by Gasteiger charge is 2.33. The fourth-order valence-electron chi connectivity index (χ4n) is 3.20. The van der Waals surface area contributed by atoms with Crippen LogP contribution in [-0.4, -0.2) is 29.4 Å². The average molecular weight is 297 g/mol. The fourth-order valence-corrected chi connectivity index (χ4v) is 3.20. The third kappa shape index (κ3) is 2.13. The first-order valence-electron chi connectivity index (χ1n) is 7.78. The van der Waals surface area contributed by atoms with Crippen LogP contribution in [0.1, 0.15) is 46.1 Å². The Bertz CT molecular complexity index is 732. The number of ether oxygens (including phenoxy) is 1. The Morgan fingerprint density at radius 1 is 1.36 bits per heavy atom. The Kier molecular flexibility index (Phi) is 3.22. The molecule has 0 saturated heterocycles. The third-order valence-corrected chi connectivity index (χ3v) is 4.46. The quantitative estimate of drug-likeness (QED) is 0.882. The van der Waals surface area contributed by atoms with Crippen LogP contribution in [0.5, 0.6) is 0 Å². The lowest BCUT2D eigenvalue weighted by molar-refractivity contribution is 0.0600. The number of nitrogens with zero attached hydrogens (tertiary/aromatic N) is 2. The molecule has 22 heavy (non-hydrogen) atoms. The number of hydrogen-bond acceptors (Lipinski definition) is 4. The summed E-state index contributed by atoms with van der Waals surface area (Å²) >= 11 is 0. The minimum atomic E-state index is -0.318. The van der Waals surface area contributed by atoms with Gasteiger partial charge in [-0.15, -0.1) is 0 Å². The van der Waals surface area contributed by atoms with E-state index in [-0.39, 0.29) is 5.97 Å². The van der Waals surface area contributed by atoms with E-state index in [1.807, 2.05) is 22.9 Å². The zero-order valence-electron chi connectivity index (χ0n) is 12.6. The summed E-state index contributed by atoms with van der Waals surface area (Å²) in [6.45, 7) is 1.82. The molecule has 4 rings (SSSR count). The molecular weight excluding hydrogens is 278 g/mol. The van der Waals surface area contributed by atoms with Crippen molar-refractivity contribution in [1.29, 1.82) is 0 Å². The van der Waals surface area contributed by atoms with Crippen LogP contribution in [0.15, 0.2) is 24.3 Å². The van der Waals surface area contributed by atoms with Gasteiger partial charge in [0.2, 0.25) is 0 Å². The molecule has 0 atom stereocenters. The van der Waals surface area contributed by atoms with E-state index in [9.17, 15) is 4.79 Å². The standard InChI is InChI=1S/C17H19N3O2/c1-22-17(21)12-4-2-3-5-14(12)20-15-8-9-18-10-13(15)16(19-20)11-6-7-11/h2-5,11,18H,6-10H2,1H3. The van der Waals surface area contributed by atoms with E-state index in [1.54, 1.807) is 6.07 Å². The lowest BCUT2D eigenvalue weighted by atomic mass is 10.0. The molecule has 5 heteroatoms. The lowest BCUT2D eigenvalue weighted by Crippen LogP contribution is -2.25. The van der Waals surface area contributed by atoms with Crippen molar-refractivity contribution in [3.63, 3.8) is 0 Å². The molecule has 0 unspecified atom stereocenters. The Hall–Kier alpha value is -2.14. The number of methoxy groups -OCH3 is 1. The Morgan fingerprint density at radius 3 is 2.95 bits per heavy atom. The normalized spacial score (nSPS) is 17.1. The van der Waals surface area contributed by atoms with Crippen molar-refractivity contribution in [1.82, 2.24) is 15.1 Å². The van der Waals surface area contributed by atoms with Gasteiger partial charge < -0.3 is 10.1 Å². The summed E-state index contributed by atoms with van der Waals surface area (Å²) in [6, 6.07) is 7.54. The van der Waals surface area contributed by atoms with Gasteiger partial charge in [0.1, 0.15) is 0 Å². The van der Waals surface area contributed by atoms with Gasteiger partial charge in [-0.25, -0.2) is 9.48 Å². The van der Waals surface area contributed by atoms with E-state index in [0.29, 0.717) is 11.5 Å². The predicted octanol–water partition coefficient (Wildman–Crippen LogP) is 2.18. The average Bonchev–Trinajstić information content (AvgIpc) is 3.35. The highest BCUT2D eigenvalue weighted by molar-refractivity contribution is 5.93. The van der Waals surface area contributed by atoms with Gasteiger partial charge in [0.25, 0.3) is 0 Å². The van der Waals surface area contributed by atoms with Gasteiger partial charge in [-0.3, -0.25) is 0 Å². The number of esters is 1. The summed E-state index contributed by atoms with van der Waals surface area (Å²) in [6.07, 6.45) is 3.38. The molecule has 2 aromatic rings. The minimum absolute atomic E-state index is 0.318. The van der Waals surface area contributed by atoms with Crippen LogP contribution in [0.25, 0.3) is 5.69 Å². The second-order valence-electron chi connectivity index (χ2n) is 5.93. The number of nitrogens with one attached hydrogen (secondary N) is 1. The van der Waals surface area contributed by atoms with Gasteiger partial charge in [-0.2, -0.15) is 5.10 Å². The zero-order chi connectivity index (χ0) is 15.1. The number of benzene rings is 1. The maximum Gasteiger partial charge on any atom is 0.340 e. The van der Waals surface area contributed by atoms with Gasteiger partial charge in [0.15, 0.2) is 0 Å². The van der Waals surface area contributed by atoms with E-state index in [0.717, 1.165) is 25.2 Å². The Balaban J connectivity index is 1.88. The van der Waals surface area contributed by atoms with Crippen LogP contribution >= 0.6 is 0 Å². The third-order valence-electron chi connectivity index (χ3n) is 4.46. The Morgan fingerprint density at radius 2 is 2.18 bits per heavy atom. The van der Waals surface area contributed by atoms with Crippen LogP contribution < -0.4 is 5.32 Å². The largest absolute Gasteiger partial charge is 0.465 e. The van der Waals surface area contributed by atoms with Crippen LogP contribution in [0, 0.1) is 0 Å². The highest BCUT2D eigenvalue weighted by atomic mass is 16.5. The van der Waals surface area contributed by atoms with E-state index < -0.39 is 0 Å². The molecule has 1 N–H and O–H groups in total. The molecule has 114 valence electrons. The molecule has 1 saturated carbocycles. The first kappa shape index (κ1) is 13.5. The zero-order valence-corrected chi connectivity index (χ0v) is 12.6. The van der Waals surface area contributed by atoms with Gasteiger partial charge in [-0.1, -0.05) is 12.1 Å². The van der Waals surface area contributed by atoms with Crippen molar-refractivity contribution in [3.8, 4) is 5.69 Å². The monoisotopic (exact) mass is 297 g/mol. The van der Waals surface area contributed by atoms with Crippen molar-refractivity contribution < 1.29 is 9.53 Å². The Labute approximate surface area is 129 Å². The number of rotatable bonds is 3. The summed E-state index contributed by atoms with van der Waals surface area (Å²) in [7, 11) is 1.41. The molecule has 1 fully saturated rings. The number of aromatic nitrogens is 2. The minimum Gasteiger partial charge on any atom is -0.465 e. The van der Waals surface area contributed by atoms with Crippen molar-refractivity contribution in [2.75, 3.05) is 13.7 Å². The molecule has 0 spiro atoms. The van der Waals surface area contributed by atoms with Crippen LogP contribution in [0.4, 0.5) is 0 Å². The smallest absolute Gasteiger partial charge is 0.340 e. The number of hydrogen-bond donors (Lipinski definition) is 1. The first-order chi connectivity index (χ1) is 10.8. The fraction of sp³-hybridized carbons (Fsp3) is 0.412. The van der Waals surface area contributed by atoms with Crippen LogP contribution in [-0.2, 0) is 17.7 Å². The van der Waals surface area contributed by atoms with E-state index in [1.165, 1.54) is 36.9 Å². The maximum absolute atomic E-state index is 12.1. The number of carbonyl (C=O) groups excluding carboxylic acids is 1. The van der Waals surface area contributed by atoms with Gasteiger partial charge >= 0.3 is 5.97 Å². The molecule has 1 aromatic heterocycles. The number of carbonyl (C=O) groups is 1. The summed E-state index contributed by atoms with van der Waals surface area (Å²) in [5.41, 5.74) is 5.16. The molecule has 0 bridgehead atoms. The van der Waals surface area contributed by atoms with Gasteiger partial charge in [-0.05, 0) is 25.0 Å². The highest BCUT2D eigenvalue weighted by Crippen LogP contribution is 2.42. The molecule has 0 amide bonds. The number of fused-ring (bicyclic) bond motifs is 1. The topological polar surface area (TPSA) is 56.2 Å². The van der Waals surface area contributed by atoms with Crippen molar-refractivity contribution in [3.05, 3.63) is 46.8 Å². The molecule has 5 nitrogen and oxygen atoms in total. The summed E-state index contributed by atoms with van der Waals surface area (Å²) in [5, 5.41) is 8.30.